The lowest BCUT2D eigenvalue weighted by Crippen LogP contribution is -2.47. The molecule has 0 unspecified atom stereocenters. The smallest absolute Gasteiger partial charge is 0.246 e. The molecule has 1 aromatic rings. The van der Waals surface area contributed by atoms with Gasteiger partial charge in [-0.2, -0.15) is 4.31 Å². The third-order valence-corrected chi connectivity index (χ3v) is 6.21. The molecular formula is C15H21NO6S. The maximum atomic E-state index is 12.9. The van der Waals surface area contributed by atoms with E-state index in [0.717, 1.165) is 0 Å². The van der Waals surface area contributed by atoms with Crippen LogP contribution in [0.15, 0.2) is 23.1 Å². The van der Waals surface area contributed by atoms with Gasteiger partial charge >= 0.3 is 0 Å². The van der Waals surface area contributed by atoms with Gasteiger partial charge in [-0.25, -0.2) is 8.42 Å². The lowest BCUT2D eigenvalue weighted by molar-refractivity contribution is -0.179. The Labute approximate surface area is 136 Å². The Kier molecular flexibility index (Phi) is 4.50. The minimum absolute atomic E-state index is 0.114. The zero-order chi connectivity index (χ0) is 16.5. The van der Waals surface area contributed by atoms with Crippen LogP contribution in [0, 0.1) is 0 Å². The van der Waals surface area contributed by atoms with Crippen LogP contribution in [-0.2, 0) is 19.5 Å². The molecule has 0 aliphatic carbocycles. The molecule has 0 N–H and O–H groups in total. The summed E-state index contributed by atoms with van der Waals surface area (Å²) in [6.45, 7) is 1.83. The first-order valence-corrected chi connectivity index (χ1v) is 8.95. The predicted molar refractivity (Wildman–Crippen MR) is 82.2 cm³/mol. The van der Waals surface area contributed by atoms with Crippen LogP contribution >= 0.6 is 0 Å². The first kappa shape index (κ1) is 16.5. The highest BCUT2D eigenvalue weighted by molar-refractivity contribution is 7.89. The van der Waals surface area contributed by atoms with Gasteiger partial charge in [0.05, 0.1) is 27.4 Å². The molecular weight excluding hydrogens is 322 g/mol. The second-order valence-corrected chi connectivity index (χ2v) is 7.43. The van der Waals surface area contributed by atoms with Gasteiger partial charge in [0.25, 0.3) is 0 Å². The SMILES string of the molecule is COc1ccc(OC)c(S(=O)(=O)N2CCC3(CC2)OCCO3)c1. The summed E-state index contributed by atoms with van der Waals surface area (Å²) < 4.78 is 49.0. The van der Waals surface area contributed by atoms with E-state index in [1.807, 2.05) is 0 Å². The number of sulfonamides is 1. The summed E-state index contributed by atoms with van der Waals surface area (Å²) in [6.07, 6.45) is 1.05. The highest BCUT2D eigenvalue weighted by atomic mass is 32.2. The Morgan fingerprint density at radius 3 is 2.30 bits per heavy atom. The molecule has 2 saturated heterocycles. The zero-order valence-corrected chi connectivity index (χ0v) is 14.1. The van der Waals surface area contributed by atoms with E-state index in [0.29, 0.717) is 50.6 Å². The van der Waals surface area contributed by atoms with E-state index in [1.165, 1.54) is 24.6 Å². The molecule has 2 fully saturated rings. The summed E-state index contributed by atoms with van der Waals surface area (Å²) in [5, 5.41) is 0. The molecule has 0 bridgehead atoms. The standard InChI is InChI=1S/C15H21NO6S/c1-19-12-3-4-13(20-2)14(11-12)23(17,18)16-7-5-15(6-8-16)21-9-10-22-15/h3-4,11H,5-10H2,1-2H3. The van der Waals surface area contributed by atoms with Crippen LogP contribution in [0.4, 0.5) is 0 Å². The van der Waals surface area contributed by atoms with Crippen LogP contribution in [-0.4, -0.2) is 59.0 Å². The molecule has 3 rings (SSSR count). The van der Waals surface area contributed by atoms with Gasteiger partial charge in [-0.3, -0.25) is 0 Å². The fourth-order valence-corrected chi connectivity index (χ4v) is 4.59. The molecule has 128 valence electrons. The van der Waals surface area contributed by atoms with Crippen LogP contribution < -0.4 is 9.47 Å². The van der Waals surface area contributed by atoms with Crippen LogP contribution in [0.5, 0.6) is 11.5 Å². The molecule has 0 radical (unpaired) electrons. The average Bonchev–Trinajstić information content (AvgIpc) is 3.02. The highest BCUT2D eigenvalue weighted by Crippen LogP contribution is 2.36. The fraction of sp³-hybridized carbons (Fsp3) is 0.600. The molecule has 0 saturated carbocycles. The Hall–Kier alpha value is -1.35. The van der Waals surface area contributed by atoms with Gasteiger partial charge in [0, 0.05) is 32.0 Å². The lowest BCUT2D eigenvalue weighted by Gasteiger charge is -2.36. The van der Waals surface area contributed by atoms with E-state index < -0.39 is 15.8 Å². The molecule has 2 heterocycles. The third kappa shape index (κ3) is 3.03. The van der Waals surface area contributed by atoms with Crippen molar-refractivity contribution in [2.24, 2.45) is 0 Å². The number of rotatable bonds is 4. The molecule has 0 amide bonds. The lowest BCUT2D eigenvalue weighted by atomic mass is 10.1. The monoisotopic (exact) mass is 343 g/mol. The van der Waals surface area contributed by atoms with Crippen molar-refractivity contribution in [3.8, 4) is 11.5 Å². The van der Waals surface area contributed by atoms with Gasteiger partial charge in [-0.15, -0.1) is 0 Å². The average molecular weight is 343 g/mol. The largest absolute Gasteiger partial charge is 0.497 e. The van der Waals surface area contributed by atoms with E-state index in [2.05, 4.69) is 0 Å². The van der Waals surface area contributed by atoms with Crippen molar-refractivity contribution in [1.29, 1.82) is 0 Å². The molecule has 2 aliphatic rings. The summed E-state index contributed by atoms with van der Waals surface area (Å²) in [4.78, 5) is 0.114. The van der Waals surface area contributed by atoms with Crippen LogP contribution in [0.25, 0.3) is 0 Å². The summed E-state index contributed by atoms with van der Waals surface area (Å²) in [6, 6.07) is 4.75. The van der Waals surface area contributed by atoms with Gasteiger partial charge < -0.3 is 18.9 Å². The second kappa shape index (κ2) is 6.27. The Bertz CT molecular complexity index is 659. The van der Waals surface area contributed by atoms with Gasteiger partial charge in [-0.1, -0.05) is 0 Å². The fourth-order valence-electron chi connectivity index (χ4n) is 2.98. The number of ether oxygens (including phenoxy) is 4. The molecule has 23 heavy (non-hydrogen) atoms. The van der Waals surface area contributed by atoms with Crippen molar-refractivity contribution >= 4 is 10.0 Å². The topological polar surface area (TPSA) is 74.3 Å². The molecule has 1 spiro atoms. The Morgan fingerprint density at radius 1 is 1.09 bits per heavy atom. The Morgan fingerprint density at radius 2 is 1.74 bits per heavy atom. The number of hydrogen-bond acceptors (Lipinski definition) is 6. The van der Waals surface area contributed by atoms with E-state index in [-0.39, 0.29) is 4.90 Å². The second-order valence-electron chi connectivity index (χ2n) is 5.53. The van der Waals surface area contributed by atoms with Crippen molar-refractivity contribution in [1.82, 2.24) is 4.31 Å². The van der Waals surface area contributed by atoms with Crippen molar-refractivity contribution in [3.05, 3.63) is 18.2 Å². The number of methoxy groups -OCH3 is 2. The maximum absolute atomic E-state index is 12.9. The van der Waals surface area contributed by atoms with Crippen molar-refractivity contribution < 1.29 is 27.4 Å². The van der Waals surface area contributed by atoms with Crippen LogP contribution in [0.2, 0.25) is 0 Å². The molecule has 8 heteroatoms. The summed E-state index contributed by atoms with van der Waals surface area (Å²) >= 11 is 0. The minimum atomic E-state index is -3.67. The van der Waals surface area contributed by atoms with Gasteiger partial charge in [0.1, 0.15) is 16.4 Å². The highest BCUT2D eigenvalue weighted by Gasteiger charge is 2.43. The first-order valence-electron chi connectivity index (χ1n) is 7.51. The molecule has 0 atom stereocenters. The van der Waals surface area contributed by atoms with Gasteiger partial charge in [0.15, 0.2) is 5.79 Å². The van der Waals surface area contributed by atoms with E-state index in [1.54, 1.807) is 12.1 Å². The zero-order valence-electron chi connectivity index (χ0n) is 13.3. The van der Waals surface area contributed by atoms with Gasteiger partial charge in [0.2, 0.25) is 10.0 Å². The Balaban J connectivity index is 1.84. The maximum Gasteiger partial charge on any atom is 0.246 e. The van der Waals surface area contributed by atoms with E-state index in [9.17, 15) is 8.42 Å². The predicted octanol–water partition coefficient (Wildman–Crippen LogP) is 1.23. The number of hydrogen-bond donors (Lipinski definition) is 0. The van der Waals surface area contributed by atoms with E-state index >= 15 is 0 Å². The molecule has 2 aliphatic heterocycles. The summed E-state index contributed by atoms with van der Waals surface area (Å²) in [7, 11) is -0.718. The number of piperidine rings is 1. The number of benzene rings is 1. The quantitative estimate of drug-likeness (QED) is 0.819. The van der Waals surface area contributed by atoms with Crippen molar-refractivity contribution in [3.63, 3.8) is 0 Å². The van der Waals surface area contributed by atoms with Crippen LogP contribution in [0.3, 0.4) is 0 Å². The summed E-state index contributed by atoms with van der Waals surface area (Å²) in [5.74, 6) is 0.171. The van der Waals surface area contributed by atoms with Crippen molar-refractivity contribution in [2.45, 2.75) is 23.5 Å². The van der Waals surface area contributed by atoms with Crippen LogP contribution in [0.1, 0.15) is 12.8 Å². The molecule has 1 aromatic carbocycles. The first-order chi connectivity index (χ1) is 11.0. The minimum Gasteiger partial charge on any atom is -0.497 e. The van der Waals surface area contributed by atoms with Crippen molar-refractivity contribution in [2.75, 3.05) is 40.5 Å². The third-order valence-electron chi connectivity index (χ3n) is 4.29. The molecule has 0 aromatic heterocycles. The van der Waals surface area contributed by atoms with Gasteiger partial charge in [-0.05, 0) is 12.1 Å². The molecule has 7 nitrogen and oxygen atoms in total. The normalized spacial score (nSPS) is 21.5. The summed E-state index contributed by atoms with van der Waals surface area (Å²) in [5.41, 5.74) is 0. The number of nitrogens with zero attached hydrogens (tertiary/aromatic N) is 1. The van der Waals surface area contributed by atoms with E-state index in [4.69, 9.17) is 18.9 Å².